The average Bonchev–Trinajstić information content (AvgIpc) is 2.71. The first-order valence-corrected chi connectivity index (χ1v) is 5.62. The van der Waals surface area contributed by atoms with Gasteiger partial charge in [0.05, 0.1) is 6.54 Å². The van der Waals surface area contributed by atoms with Gasteiger partial charge in [0.15, 0.2) is 0 Å². The summed E-state index contributed by atoms with van der Waals surface area (Å²) in [6, 6.07) is 1.48. The highest BCUT2D eigenvalue weighted by Crippen LogP contribution is 2.01. The highest BCUT2D eigenvalue weighted by atomic mass is 16.5. The minimum absolute atomic E-state index is 0.0557. The lowest BCUT2D eigenvalue weighted by atomic mass is 10.3. The molecule has 18 heavy (non-hydrogen) atoms. The van der Waals surface area contributed by atoms with Crippen molar-refractivity contribution in [2.24, 2.45) is 0 Å². The van der Waals surface area contributed by atoms with Crippen molar-refractivity contribution < 1.29 is 19.2 Å². The lowest BCUT2D eigenvalue weighted by Crippen LogP contribution is -2.37. The summed E-state index contributed by atoms with van der Waals surface area (Å²) in [5.74, 6) is -0.170. The summed E-state index contributed by atoms with van der Waals surface area (Å²) in [7, 11) is 1.62. The van der Waals surface area contributed by atoms with E-state index in [-0.39, 0.29) is 12.5 Å². The van der Waals surface area contributed by atoms with Gasteiger partial charge in [-0.3, -0.25) is 4.79 Å². The minimum Gasteiger partial charge on any atom is -0.481 e. The Hall–Kier alpha value is -2.05. The van der Waals surface area contributed by atoms with Crippen LogP contribution in [-0.2, 0) is 11.3 Å². The normalized spacial score (nSPS) is 10.1. The molecule has 0 aromatic carbocycles. The van der Waals surface area contributed by atoms with Crippen molar-refractivity contribution in [3.05, 3.63) is 17.5 Å². The van der Waals surface area contributed by atoms with E-state index in [4.69, 9.17) is 9.63 Å². The number of carboxylic acid groups (broad SMARTS) is 1. The zero-order valence-corrected chi connectivity index (χ0v) is 10.5. The van der Waals surface area contributed by atoms with Crippen molar-refractivity contribution >= 4 is 12.0 Å². The second kappa shape index (κ2) is 6.63. The van der Waals surface area contributed by atoms with Crippen LogP contribution in [0.1, 0.15) is 24.3 Å². The van der Waals surface area contributed by atoms with E-state index in [9.17, 15) is 9.59 Å². The number of nitrogens with zero attached hydrogens (tertiary/aromatic N) is 2. The van der Waals surface area contributed by atoms with Gasteiger partial charge in [0.2, 0.25) is 0 Å². The minimum atomic E-state index is -0.859. The molecule has 0 aliphatic heterocycles. The highest BCUT2D eigenvalue weighted by Gasteiger charge is 2.09. The van der Waals surface area contributed by atoms with Crippen LogP contribution in [-0.4, -0.2) is 40.8 Å². The van der Waals surface area contributed by atoms with E-state index in [1.807, 2.05) is 0 Å². The van der Waals surface area contributed by atoms with Crippen LogP contribution in [0.2, 0.25) is 0 Å². The van der Waals surface area contributed by atoms with E-state index < -0.39 is 5.97 Å². The van der Waals surface area contributed by atoms with Crippen LogP contribution in [0.25, 0.3) is 0 Å². The number of urea groups is 1. The van der Waals surface area contributed by atoms with Crippen LogP contribution in [0.3, 0.4) is 0 Å². The molecule has 100 valence electrons. The molecule has 0 atom stereocenters. The van der Waals surface area contributed by atoms with Crippen LogP contribution in [0, 0.1) is 6.92 Å². The second-order valence-corrected chi connectivity index (χ2v) is 4.01. The van der Waals surface area contributed by atoms with Crippen molar-refractivity contribution in [1.29, 1.82) is 0 Å². The molecule has 1 rings (SSSR count). The van der Waals surface area contributed by atoms with Gasteiger partial charge >= 0.3 is 12.0 Å². The summed E-state index contributed by atoms with van der Waals surface area (Å²) in [6.07, 6.45) is 0.489. The smallest absolute Gasteiger partial charge is 0.317 e. The molecule has 0 spiro atoms. The van der Waals surface area contributed by atoms with Gasteiger partial charge in [-0.1, -0.05) is 5.16 Å². The van der Waals surface area contributed by atoms with Crippen LogP contribution >= 0.6 is 0 Å². The molecule has 0 saturated carbocycles. The van der Waals surface area contributed by atoms with Crippen LogP contribution in [0.4, 0.5) is 4.79 Å². The molecule has 0 aliphatic carbocycles. The number of hydrogen-bond donors (Lipinski definition) is 2. The van der Waals surface area contributed by atoms with Gasteiger partial charge in [0.25, 0.3) is 0 Å². The molecule has 0 aliphatic rings. The van der Waals surface area contributed by atoms with E-state index in [1.54, 1.807) is 20.0 Å². The number of hydrogen-bond acceptors (Lipinski definition) is 4. The fourth-order valence-electron chi connectivity index (χ4n) is 1.37. The Balaban J connectivity index is 2.25. The summed E-state index contributed by atoms with van der Waals surface area (Å²) < 4.78 is 4.87. The van der Waals surface area contributed by atoms with Crippen LogP contribution in [0.15, 0.2) is 10.6 Å². The van der Waals surface area contributed by atoms with Crippen molar-refractivity contribution in [2.75, 3.05) is 13.6 Å². The average molecular weight is 255 g/mol. The standard InChI is InChI=1S/C11H17N3O4/c1-8-6-9(13-18-8)7-12-11(17)14(2)5-3-4-10(15)16/h6H,3-5,7H2,1-2H3,(H,12,17)(H,15,16). The number of carbonyl (C=O) groups excluding carboxylic acids is 1. The zero-order valence-electron chi connectivity index (χ0n) is 10.5. The molecule has 2 amide bonds. The monoisotopic (exact) mass is 255 g/mol. The quantitative estimate of drug-likeness (QED) is 0.790. The molecule has 0 radical (unpaired) electrons. The van der Waals surface area contributed by atoms with Gasteiger partial charge in [0.1, 0.15) is 11.5 Å². The number of aromatic nitrogens is 1. The number of rotatable bonds is 6. The van der Waals surface area contributed by atoms with E-state index in [0.29, 0.717) is 31.0 Å². The number of nitrogens with one attached hydrogen (secondary N) is 1. The Morgan fingerprint density at radius 3 is 2.83 bits per heavy atom. The molecule has 0 bridgehead atoms. The van der Waals surface area contributed by atoms with E-state index in [1.165, 1.54) is 4.90 Å². The summed E-state index contributed by atoms with van der Waals surface area (Å²) in [4.78, 5) is 23.4. The fourth-order valence-corrected chi connectivity index (χ4v) is 1.37. The van der Waals surface area contributed by atoms with Gasteiger partial charge in [0, 0.05) is 26.1 Å². The van der Waals surface area contributed by atoms with Gasteiger partial charge in [-0.2, -0.15) is 0 Å². The summed E-state index contributed by atoms with van der Waals surface area (Å²) in [6.45, 7) is 2.46. The zero-order chi connectivity index (χ0) is 13.5. The van der Waals surface area contributed by atoms with Crippen LogP contribution in [0.5, 0.6) is 0 Å². The maximum atomic E-state index is 11.6. The first kappa shape index (κ1) is 14.0. The van der Waals surface area contributed by atoms with Crippen molar-refractivity contribution in [1.82, 2.24) is 15.4 Å². The Morgan fingerprint density at radius 1 is 1.56 bits per heavy atom. The Labute approximate surface area is 105 Å². The largest absolute Gasteiger partial charge is 0.481 e. The molecule has 1 heterocycles. The van der Waals surface area contributed by atoms with Gasteiger partial charge in [-0.15, -0.1) is 0 Å². The number of carboxylic acids is 1. The van der Waals surface area contributed by atoms with E-state index in [0.717, 1.165) is 0 Å². The van der Waals surface area contributed by atoms with E-state index >= 15 is 0 Å². The topological polar surface area (TPSA) is 95.7 Å². The maximum Gasteiger partial charge on any atom is 0.317 e. The first-order valence-electron chi connectivity index (χ1n) is 5.62. The maximum absolute atomic E-state index is 11.6. The molecule has 7 nitrogen and oxygen atoms in total. The number of carbonyl (C=O) groups is 2. The van der Waals surface area contributed by atoms with Gasteiger partial charge < -0.3 is 19.8 Å². The molecule has 1 aromatic heterocycles. The highest BCUT2D eigenvalue weighted by molar-refractivity contribution is 5.73. The molecule has 0 fully saturated rings. The van der Waals surface area contributed by atoms with Crippen LogP contribution < -0.4 is 5.32 Å². The van der Waals surface area contributed by atoms with Gasteiger partial charge in [-0.05, 0) is 13.3 Å². The lowest BCUT2D eigenvalue weighted by molar-refractivity contribution is -0.137. The van der Waals surface area contributed by atoms with Crippen molar-refractivity contribution in [3.8, 4) is 0 Å². The second-order valence-electron chi connectivity index (χ2n) is 4.01. The molecule has 0 saturated heterocycles. The Bertz CT molecular complexity index is 416. The summed E-state index contributed by atoms with van der Waals surface area (Å²) in [5, 5.41) is 14.9. The van der Waals surface area contributed by atoms with Crippen molar-refractivity contribution in [3.63, 3.8) is 0 Å². The summed E-state index contributed by atoms with van der Waals surface area (Å²) in [5.41, 5.74) is 0.653. The number of aliphatic carboxylic acids is 1. The number of amides is 2. The fraction of sp³-hybridized carbons (Fsp3) is 0.545. The van der Waals surface area contributed by atoms with E-state index in [2.05, 4.69) is 10.5 Å². The third-order valence-electron chi connectivity index (χ3n) is 2.33. The molecule has 2 N–H and O–H groups in total. The predicted octanol–water partition coefficient (Wildman–Crippen LogP) is 0.989. The molecular formula is C11H17N3O4. The third kappa shape index (κ3) is 4.86. The Kier molecular flexibility index (Phi) is 5.16. The predicted molar refractivity (Wildman–Crippen MR) is 63.0 cm³/mol. The molecule has 1 aromatic rings. The van der Waals surface area contributed by atoms with Crippen molar-refractivity contribution in [2.45, 2.75) is 26.3 Å². The molecule has 0 unspecified atom stereocenters. The lowest BCUT2D eigenvalue weighted by Gasteiger charge is -2.16. The third-order valence-corrected chi connectivity index (χ3v) is 2.33. The molecular weight excluding hydrogens is 238 g/mol. The first-order chi connectivity index (χ1) is 8.49. The Morgan fingerprint density at radius 2 is 2.28 bits per heavy atom. The summed E-state index contributed by atoms with van der Waals surface area (Å²) >= 11 is 0. The SMILES string of the molecule is Cc1cc(CNC(=O)N(C)CCCC(=O)O)no1. The molecule has 7 heteroatoms. The number of aryl methyl sites for hydroxylation is 1. The van der Waals surface area contributed by atoms with Gasteiger partial charge in [-0.25, -0.2) is 4.79 Å².